The number of hydrogen-bond acceptors (Lipinski definition) is 5. The molecule has 0 aromatic rings. The van der Waals surface area contributed by atoms with Crippen LogP contribution >= 0.6 is 0 Å². The number of esters is 2. The molecule has 96 valence electrons. The number of cyclic esters (lactones) is 1. The first-order valence-electron chi connectivity index (χ1n) is 6.14. The molecule has 4 unspecified atom stereocenters. The van der Waals surface area contributed by atoms with Gasteiger partial charge in [0.25, 0.3) is 0 Å². The molecular formula is C12H18O5. The van der Waals surface area contributed by atoms with Crippen LogP contribution in [0.25, 0.3) is 0 Å². The molecule has 1 aliphatic heterocycles. The van der Waals surface area contributed by atoms with Crippen molar-refractivity contribution in [1.82, 2.24) is 0 Å². The average Bonchev–Trinajstić information content (AvgIpc) is 2.33. The minimum absolute atomic E-state index is 0.180. The number of carbonyl (C=O) groups excluding carboxylic acids is 2. The van der Waals surface area contributed by atoms with Gasteiger partial charge in [-0.05, 0) is 33.1 Å². The third kappa shape index (κ3) is 2.77. The number of carbonyl (C=O) groups is 2. The molecule has 5 nitrogen and oxygen atoms in total. The molecule has 17 heavy (non-hydrogen) atoms. The zero-order valence-electron chi connectivity index (χ0n) is 10.2. The molecule has 1 aliphatic carbocycles. The summed E-state index contributed by atoms with van der Waals surface area (Å²) in [4.78, 5) is 23.3. The summed E-state index contributed by atoms with van der Waals surface area (Å²) in [6.07, 6.45) is 1.77. The highest BCUT2D eigenvalue weighted by atomic mass is 16.6. The van der Waals surface area contributed by atoms with Gasteiger partial charge in [-0.1, -0.05) is 6.42 Å². The Morgan fingerprint density at radius 3 is 2.18 bits per heavy atom. The highest BCUT2D eigenvalue weighted by Gasteiger charge is 2.36. The SMILES string of the molecule is CC1OC(=O)C(C)OC2CCCCC2OC1=O. The molecular weight excluding hydrogens is 224 g/mol. The molecule has 1 saturated heterocycles. The zero-order valence-corrected chi connectivity index (χ0v) is 10.2. The Morgan fingerprint density at radius 1 is 0.882 bits per heavy atom. The molecule has 0 spiro atoms. The summed E-state index contributed by atoms with van der Waals surface area (Å²) in [5.41, 5.74) is 0. The van der Waals surface area contributed by atoms with Gasteiger partial charge in [0.2, 0.25) is 0 Å². The Balaban J connectivity index is 2.15. The number of fused-ring (bicyclic) bond motifs is 1. The van der Waals surface area contributed by atoms with Crippen molar-refractivity contribution < 1.29 is 23.8 Å². The summed E-state index contributed by atoms with van der Waals surface area (Å²) < 4.78 is 15.9. The smallest absolute Gasteiger partial charge is 0.347 e. The fraction of sp³-hybridized carbons (Fsp3) is 0.833. The van der Waals surface area contributed by atoms with Crippen LogP contribution in [0, 0.1) is 0 Å². The van der Waals surface area contributed by atoms with Crippen LogP contribution in [0.2, 0.25) is 0 Å². The van der Waals surface area contributed by atoms with Crippen LogP contribution in [0.4, 0.5) is 0 Å². The van der Waals surface area contributed by atoms with Gasteiger partial charge in [0, 0.05) is 0 Å². The minimum Gasteiger partial charge on any atom is -0.457 e. The third-order valence-corrected chi connectivity index (χ3v) is 3.25. The molecule has 0 aromatic carbocycles. The number of rotatable bonds is 0. The van der Waals surface area contributed by atoms with Crippen molar-refractivity contribution in [2.45, 2.75) is 63.9 Å². The summed E-state index contributed by atoms with van der Waals surface area (Å²) in [6.45, 7) is 3.17. The van der Waals surface area contributed by atoms with Crippen LogP contribution in [0.3, 0.4) is 0 Å². The standard InChI is InChI=1S/C12H18O5/c1-7-11(13)16-8(2)12(14)17-10-6-4-3-5-9(10)15-7/h7-10H,3-6H2,1-2H3. The van der Waals surface area contributed by atoms with Gasteiger partial charge in [0.05, 0.1) is 6.10 Å². The van der Waals surface area contributed by atoms with Gasteiger partial charge in [0.15, 0.2) is 12.2 Å². The quantitative estimate of drug-likeness (QED) is 0.597. The fourth-order valence-electron chi connectivity index (χ4n) is 2.23. The lowest BCUT2D eigenvalue weighted by molar-refractivity contribution is -0.169. The van der Waals surface area contributed by atoms with Crippen molar-refractivity contribution in [2.75, 3.05) is 0 Å². The molecule has 2 aliphatic rings. The maximum absolute atomic E-state index is 11.7. The van der Waals surface area contributed by atoms with Crippen LogP contribution in [0.15, 0.2) is 0 Å². The van der Waals surface area contributed by atoms with Crippen molar-refractivity contribution in [2.24, 2.45) is 0 Å². The molecule has 4 atom stereocenters. The zero-order chi connectivity index (χ0) is 12.4. The van der Waals surface area contributed by atoms with Crippen LogP contribution in [0.1, 0.15) is 39.5 Å². The van der Waals surface area contributed by atoms with Gasteiger partial charge >= 0.3 is 11.9 Å². The van der Waals surface area contributed by atoms with Gasteiger partial charge in [-0.25, -0.2) is 9.59 Å². The van der Waals surface area contributed by atoms with Gasteiger partial charge in [0.1, 0.15) is 6.10 Å². The van der Waals surface area contributed by atoms with E-state index in [1.807, 2.05) is 0 Å². The molecule has 2 rings (SSSR count). The number of hydrogen-bond donors (Lipinski definition) is 0. The second-order valence-corrected chi connectivity index (χ2v) is 4.66. The maximum Gasteiger partial charge on any atom is 0.347 e. The monoisotopic (exact) mass is 242 g/mol. The second kappa shape index (κ2) is 5.04. The van der Waals surface area contributed by atoms with E-state index in [1.165, 1.54) is 6.92 Å². The largest absolute Gasteiger partial charge is 0.457 e. The van der Waals surface area contributed by atoms with E-state index < -0.39 is 24.1 Å². The molecule has 0 amide bonds. The highest BCUT2D eigenvalue weighted by molar-refractivity contribution is 5.81. The van der Waals surface area contributed by atoms with Crippen molar-refractivity contribution in [3.8, 4) is 0 Å². The molecule has 0 aromatic heterocycles. The Bertz CT molecular complexity index is 314. The van der Waals surface area contributed by atoms with E-state index in [9.17, 15) is 9.59 Å². The van der Waals surface area contributed by atoms with E-state index in [1.54, 1.807) is 6.92 Å². The first kappa shape index (κ1) is 12.4. The minimum atomic E-state index is -0.853. The van der Waals surface area contributed by atoms with Crippen molar-refractivity contribution >= 4 is 11.9 Å². The molecule has 2 fully saturated rings. The van der Waals surface area contributed by atoms with E-state index in [2.05, 4.69) is 0 Å². The summed E-state index contributed by atoms with van der Waals surface area (Å²) in [7, 11) is 0. The highest BCUT2D eigenvalue weighted by Crippen LogP contribution is 2.26. The number of ether oxygens (including phenoxy) is 3. The normalized spacial score (nSPS) is 39.2. The lowest BCUT2D eigenvalue weighted by Gasteiger charge is -2.31. The molecule has 0 bridgehead atoms. The lowest BCUT2D eigenvalue weighted by Crippen LogP contribution is -2.39. The van der Waals surface area contributed by atoms with Gasteiger partial charge in [-0.15, -0.1) is 0 Å². The average molecular weight is 242 g/mol. The van der Waals surface area contributed by atoms with Crippen LogP contribution < -0.4 is 0 Å². The van der Waals surface area contributed by atoms with Crippen molar-refractivity contribution in [1.29, 1.82) is 0 Å². The van der Waals surface area contributed by atoms with E-state index >= 15 is 0 Å². The van der Waals surface area contributed by atoms with E-state index in [4.69, 9.17) is 14.2 Å². The maximum atomic E-state index is 11.7. The van der Waals surface area contributed by atoms with Crippen molar-refractivity contribution in [3.05, 3.63) is 0 Å². The van der Waals surface area contributed by atoms with Crippen LogP contribution in [-0.4, -0.2) is 36.4 Å². The van der Waals surface area contributed by atoms with E-state index in [0.717, 1.165) is 25.7 Å². The fourth-order valence-corrected chi connectivity index (χ4v) is 2.23. The summed E-state index contributed by atoms with van der Waals surface area (Å²) in [6, 6.07) is 0. The topological polar surface area (TPSA) is 61.8 Å². The Kier molecular flexibility index (Phi) is 3.66. The van der Waals surface area contributed by atoms with Crippen LogP contribution in [0.5, 0.6) is 0 Å². The Hall–Kier alpha value is -1.10. The third-order valence-electron chi connectivity index (χ3n) is 3.25. The summed E-state index contributed by atoms with van der Waals surface area (Å²) >= 11 is 0. The predicted octanol–water partition coefficient (Wildman–Crippen LogP) is 1.19. The van der Waals surface area contributed by atoms with E-state index in [0.29, 0.717) is 0 Å². The van der Waals surface area contributed by atoms with Gasteiger partial charge in [-0.2, -0.15) is 0 Å². The summed E-state index contributed by atoms with van der Waals surface area (Å²) in [5, 5.41) is 0. The lowest BCUT2D eigenvalue weighted by atomic mass is 9.94. The molecule has 5 heteroatoms. The molecule has 1 heterocycles. The second-order valence-electron chi connectivity index (χ2n) is 4.66. The van der Waals surface area contributed by atoms with Gasteiger partial charge < -0.3 is 14.2 Å². The first-order chi connectivity index (χ1) is 8.08. The predicted molar refractivity (Wildman–Crippen MR) is 58.2 cm³/mol. The van der Waals surface area contributed by atoms with E-state index in [-0.39, 0.29) is 12.2 Å². The van der Waals surface area contributed by atoms with Gasteiger partial charge in [-0.3, -0.25) is 0 Å². The molecule has 0 radical (unpaired) electrons. The molecule has 1 saturated carbocycles. The van der Waals surface area contributed by atoms with Crippen molar-refractivity contribution in [3.63, 3.8) is 0 Å². The Labute approximate surface area is 100 Å². The Morgan fingerprint density at radius 2 is 1.47 bits per heavy atom. The van der Waals surface area contributed by atoms with Crippen LogP contribution in [-0.2, 0) is 23.8 Å². The summed E-state index contributed by atoms with van der Waals surface area (Å²) in [5.74, 6) is -0.978. The molecule has 0 N–H and O–H groups in total. The first-order valence-corrected chi connectivity index (χ1v) is 6.14.